The van der Waals surface area contributed by atoms with Crippen LogP contribution in [0.1, 0.15) is 33.3 Å². The number of hydrogen-bond acceptors (Lipinski definition) is 4. The summed E-state index contributed by atoms with van der Waals surface area (Å²) in [5, 5.41) is 3.25. The number of anilines is 3. The quantitative estimate of drug-likeness (QED) is 0.871. The summed E-state index contributed by atoms with van der Waals surface area (Å²) in [6, 6.07) is 11.7. The molecule has 0 saturated heterocycles. The fraction of sp³-hybridized carbons (Fsp3) is 0.353. The molecular weight excluding hydrogens is 310 g/mol. The van der Waals surface area contributed by atoms with Crippen molar-refractivity contribution in [1.29, 1.82) is 0 Å². The third kappa shape index (κ3) is 4.96. The number of benzene rings is 1. The number of hydrogen-bond donors (Lipinski definition) is 2. The lowest BCUT2D eigenvalue weighted by molar-refractivity contribution is 0.590. The van der Waals surface area contributed by atoms with Gasteiger partial charge in [0, 0.05) is 5.69 Å². The van der Waals surface area contributed by atoms with Gasteiger partial charge in [-0.2, -0.15) is 0 Å². The molecule has 23 heavy (non-hydrogen) atoms. The highest BCUT2D eigenvalue weighted by molar-refractivity contribution is 7.92. The van der Waals surface area contributed by atoms with Crippen molar-refractivity contribution in [2.45, 2.75) is 33.1 Å². The Morgan fingerprint density at radius 3 is 2.09 bits per heavy atom. The van der Waals surface area contributed by atoms with Gasteiger partial charge in [0.05, 0.1) is 17.6 Å². The van der Waals surface area contributed by atoms with Crippen molar-refractivity contribution >= 4 is 27.2 Å². The number of aromatic nitrogens is 1. The van der Waals surface area contributed by atoms with E-state index in [9.17, 15) is 8.42 Å². The second-order valence-corrected chi connectivity index (χ2v) is 8.40. The molecule has 0 atom stereocenters. The van der Waals surface area contributed by atoms with Crippen molar-refractivity contribution in [2.75, 3.05) is 15.8 Å². The number of pyridine rings is 1. The molecule has 0 aliphatic rings. The zero-order chi connectivity index (χ0) is 17.1. The van der Waals surface area contributed by atoms with Crippen molar-refractivity contribution in [3.8, 4) is 0 Å². The summed E-state index contributed by atoms with van der Waals surface area (Å²) in [7, 11) is -3.30. The van der Waals surface area contributed by atoms with E-state index in [1.54, 1.807) is 25.3 Å². The lowest BCUT2D eigenvalue weighted by Crippen LogP contribution is -2.15. The molecule has 0 spiro atoms. The summed E-state index contributed by atoms with van der Waals surface area (Å²) >= 11 is 0. The van der Waals surface area contributed by atoms with Crippen LogP contribution in [0.4, 0.5) is 17.2 Å². The van der Waals surface area contributed by atoms with Gasteiger partial charge in [-0.25, -0.2) is 13.4 Å². The van der Waals surface area contributed by atoms with Gasteiger partial charge in [0.15, 0.2) is 0 Å². The lowest BCUT2D eigenvalue weighted by Gasteiger charge is -2.19. The van der Waals surface area contributed by atoms with Crippen molar-refractivity contribution in [1.82, 2.24) is 4.98 Å². The van der Waals surface area contributed by atoms with E-state index in [1.807, 2.05) is 12.1 Å². The maximum atomic E-state index is 11.5. The van der Waals surface area contributed by atoms with Gasteiger partial charge in [0.1, 0.15) is 5.82 Å². The van der Waals surface area contributed by atoms with Crippen molar-refractivity contribution in [2.24, 2.45) is 0 Å². The zero-order valence-electron chi connectivity index (χ0n) is 13.9. The molecular formula is C17H23N3O2S. The SMILES string of the molecule is CCS(=O)(=O)Nc1ccc(Nc2ccc(C(C)(C)C)cc2)cn1. The molecule has 0 aliphatic carbocycles. The molecule has 1 aromatic heterocycles. The summed E-state index contributed by atoms with van der Waals surface area (Å²) in [5.41, 5.74) is 3.15. The van der Waals surface area contributed by atoms with E-state index >= 15 is 0 Å². The Hall–Kier alpha value is -2.08. The van der Waals surface area contributed by atoms with Crippen LogP contribution in [0, 0.1) is 0 Å². The van der Waals surface area contributed by atoms with Crippen LogP contribution >= 0.6 is 0 Å². The minimum Gasteiger partial charge on any atom is -0.354 e. The van der Waals surface area contributed by atoms with Crippen LogP contribution < -0.4 is 10.0 Å². The molecule has 5 nitrogen and oxygen atoms in total. The first-order valence-corrected chi connectivity index (χ1v) is 9.19. The second-order valence-electron chi connectivity index (χ2n) is 6.39. The van der Waals surface area contributed by atoms with Crippen LogP contribution in [0.2, 0.25) is 0 Å². The largest absolute Gasteiger partial charge is 0.354 e. The Bertz CT molecular complexity index is 746. The molecule has 0 aliphatic heterocycles. The van der Waals surface area contributed by atoms with Crippen molar-refractivity contribution < 1.29 is 8.42 Å². The Morgan fingerprint density at radius 1 is 1.00 bits per heavy atom. The predicted molar refractivity (Wildman–Crippen MR) is 95.7 cm³/mol. The van der Waals surface area contributed by atoms with Crippen LogP contribution in [0.5, 0.6) is 0 Å². The molecule has 0 fully saturated rings. The molecule has 0 bridgehead atoms. The van der Waals surface area contributed by atoms with Gasteiger partial charge in [-0.1, -0.05) is 32.9 Å². The molecule has 0 amide bonds. The van der Waals surface area contributed by atoms with Crippen LogP contribution in [0.3, 0.4) is 0 Å². The maximum absolute atomic E-state index is 11.5. The minimum atomic E-state index is -3.30. The molecule has 6 heteroatoms. The Labute approximate surface area is 138 Å². The Kier molecular flexibility index (Phi) is 4.94. The smallest absolute Gasteiger partial charge is 0.233 e. The summed E-state index contributed by atoms with van der Waals surface area (Å²) < 4.78 is 25.4. The van der Waals surface area contributed by atoms with E-state index in [0.717, 1.165) is 11.4 Å². The van der Waals surface area contributed by atoms with Crippen LogP contribution in [0.15, 0.2) is 42.6 Å². The van der Waals surface area contributed by atoms with E-state index in [0.29, 0.717) is 5.82 Å². The van der Waals surface area contributed by atoms with Gasteiger partial charge in [0.2, 0.25) is 10.0 Å². The molecule has 1 heterocycles. The van der Waals surface area contributed by atoms with E-state index in [4.69, 9.17) is 0 Å². The lowest BCUT2D eigenvalue weighted by atomic mass is 9.87. The van der Waals surface area contributed by atoms with Crippen LogP contribution in [-0.2, 0) is 15.4 Å². The molecule has 2 N–H and O–H groups in total. The average molecular weight is 333 g/mol. The van der Waals surface area contributed by atoms with Crippen LogP contribution in [0.25, 0.3) is 0 Å². The van der Waals surface area contributed by atoms with Crippen molar-refractivity contribution in [3.63, 3.8) is 0 Å². The first kappa shape index (κ1) is 17.3. The third-order valence-corrected chi connectivity index (χ3v) is 4.72. The Morgan fingerprint density at radius 2 is 1.61 bits per heavy atom. The molecule has 0 radical (unpaired) electrons. The molecule has 1 aromatic carbocycles. The summed E-state index contributed by atoms with van der Waals surface area (Å²) in [5.74, 6) is 0.343. The molecule has 124 valence electrons. The highest BCUT2D eigenvalue weighted by atomic mass is 32.2. The number of rotatable bonds is 5. The Balaban J connectivity index is 2.06. The average Bonchev–Trinajstić information content (AvgIpc) is 2.49. The monoisotopic (exact) mass is 333 g/mol. The molecule has 2 rings (SSSR count). The van der Waals surface area contributed by atoms with Crippen molar-refractivity contribution in [3.05, 3.63) is 48.2 Å². The standard InChI is InChI=1S/C17H23N3O2S/c1-5-23(21,22)20-16-11-10-15(12-18-16)19-14-8-6-13(7-9-14)17(2,3)4/h6-12,19H,5H2,1-4H3,(H,18,20). The van der Waals surface area contributed by atoms with Gasteiger partial charge in [0.25, 0.3) is 0 Å². The van der Waals surface area contributed by atoms with E-state index in [1.165, 1.54) is 5.56 Å². The highest BCUT2D eigenvalue weighted by Gasteiger charge is 2.12. The van der Waals surface area contributed by atoms with Gasteiger partial charge >= 0.3 is 0 Å². The van der Waals surface area contributed by atoms with Crippen LogP contribution in [-0.4, -0.2) is 19.2 Å². The van der Waals surface area contributed by atoms with E-state index in [2.05, 4.69) is 47.9 Å². The van der Waals surface area contributed by atoms with E-state index < -0.39 is 10.0 Å². The number of sulfonamides is 1. The first-order chi connectivity index (χ1) is 10.7. The summed E-state index contributed by atoms with van der Waals surface area (Å²) in [6.07, 6.45) is 1.60. The summed E-state index contributed by atoms with van der Waals surface area (Å²) in [6.45, 7) is 8.11. The van der Waals surface area contributed by atoms with Gasteiger partial charge in [-0.3, -0.25) is 4.72 Å². The molecule has 0 unspecified atom stereocenters. The fourth-order valence-electron chi connectivity index (χ4n) is 1.98. The highest BCUT2D eigenvalue weighted by Crippen LogP contribution is 2.25. The fourth-order valence-corrected chi connectivity index (χ4v) is 2.56. The third-order valence-electron chi connectivity index (χ3n) is 3.44. The molecule has 0 saturated carbocycles. The minimum absolute atomic E-state index is 0.0226. The van der Waals surface area contributed by atoms with E-state index in [-0.39, 0.29) is 11.2 Å². The first-order valence-electron chi connectivity index (χ1n) is 7.54. The predicted octanol–water partition coefficient (Wildman–Crippen LogP) is 3.88. The van der Waals surface area contributed by atoms with Gasteiger partial charge in [-0.05, 0) is 42.2 Å². The second kappa shape index (κ2) is 6.58. The topological polar surface area (TPSA) is 71.1 Å². The van der Waals surface area contributed by atoms with Gasteiger partial charge < -0.3 is 5.32 Å². The zero-order valence-corrected chi connectivity index (χ0v) is 14.7. The number of nitrogens with one attached hydrogen (secondary N) is 2. The molecule has 2 aromatic rings. The summed E-state index contributed by atoms with van der Waals surface area (Å²) in [4.78, 5) is 4.11. The number of nitrogens with zero attached hydrogens (tertiary/aromatic N) is 1. The maximum Gasteiger partial charge on any atom is 0.233 e. The van der Waals surface area contributed by atoms with Gasteiger partial charge in [-0.15, -0.1) is 0 Å². The normalized spacial score (nSPS) is 12.0.